The van der Waals surface area contributed by atoms with E-state index in [2.05, 4.69) is 20.1 Å². The molecule has 1 aliphatic rings. The van der Waals surface area contributed by atoms with Crippen molar-refractivity contribution in [2.24, 2.45) is 7.05 Å². The predicted molar refractivity (Wildman–Crippen MR) is 90.5 cm³/mol. The number of H-pyrrole nitrogens is 2. The number of fused-ring (bicyclic) bond motifs is 1. The molecule has 0 fully saturated rings. The Morgan fingerprint density at radius 1 is 1.40 bits per heavy atom. The van der Waals surface area contributed by atoms with Gasteiger partial charge in [0, 0.05) is 37.5 Å². The zero-order chi connectivity index (χ0) is 17.6. The van der Waals surface area contributed by atoms with Gasteiger partial charge in [-0.25, -0.2) is 4.98 Å². The number of rotatable bonds is 2. The lowest BCUT2D eigenvalue weighted by molar-refractivity contribution is 0.0721. The molecule has 128 valence electrons. The zero-order valence-electron chi connectivity index (χ0n) is 13.4. The summed E-state index contributed by atoms with van der Waals surface area (Å²) in [6.07, 6.45) is 6.74. The Kier molecular flexibility index (Phi) is 3.69. The fourth-order valence-corrected chi connectivity index (χ4v) is 3.29. The number of nitrogens with one attached hydrogen (secondary N) is 2. The lowest BCUT2D eigenvalue weighted by Crippen LogP contribution is -2.39. The van der Waals surface area contributed by atoms with E-state index in [0.717, 1.165) is 17.0 Å². The monoisotopic (exact) mass is 358 g/mol. The number of aryl methyl sites for hydroxylation is 1. The first-order chi connectivity index (χ1) is 12.0. The van der Waals surface area contributed by atoms with Gasteiger partial charge in [0.05, 0.1) is 36.0 Å². The van der Waals surface area contributed by atoms with E-state index in [4.69, 9.17) is 11.6 Å². The second kappa shape index (κ2) is 5.89. The smallest absolute Gasteiger partial charge is 0.266 e. The van der Waals surface area contributed by atoms with Gasteiger partial charge in [-0.1, -0.05) is 11.6 Å². The number of hydrogen-bond donors (Lipinski definition) is 2. The Hall–Kier alpha value is -2.87. The Morgan fingerprint density at radius 3 is 2.96 bits per heavy atom. The first-order valence-electron chi connectivity index (χ1n) is 7.71. The SMILES string of the molecule is Cn1cc(C2CN(C(=O)c3c[nH]c(=O)c(Cl)c3)Cc3[nH]cnc32)cn1. The molecule has 8 nitrogen and oxygen atoms in total. The van der Waals surface area contributed by atoms with Crippen LogP contribution in [0, 0.1) is 0 Å². The van der Waals surface area contributed by atoms with E-state index < -0.39 is 5.56 Å². The van der Waals surface area contributed by atoms with Crippen molar-refractivity contribution in [1.82, 2.24) is 29.6 Å². The maximum atomic E-state index is 12.9. The van der Waals surface area contributed by atoms with Crippen LogP contribution in [0.3, 0.4) is 0 Å². The molecule has 0 spiro atoms. The van der Waals surface area contributed by atoms with Crippen molar-refractivity contribution in [1.29, 1.82) is 0 Å². The van der Waals surface area contributed by atoms with Gasteiger partial charge in [-0.05, 0) is 6.07 Å². The Balaban J connectivity index is 1.69. The molecule has 0 saturated heterocycles. The molecular weight excluding hydrogens is 344 g/mol. The molecule has 3 aromatic heterocycles. The number of pyridine rings is 1. The molecule has 2 N–H and O–H groups in total. The highest BCUT2D eigenvalue weighted by Gasteiger charge is 2.32. The highest BCUT2D eigenvalue weighted by atomic mass is 35.5. The van der Waals surface area contributed by atoms with Gasteiger partial charge in [0.15, 0.2) is 0 Å². The fraction of sp³-hybridized carbons (Fsp3) is 0.250. The maximum absolute atomic E-state index is 12.9. The van der Waals surface area contributed by atoms with E-state index in [1.165, 1.54) is 12.3 Å². The van der Waals surface area contributed by atoms with Crippen LogP contribution in [0.2, 0.25) is 5.02 Å². The van der Waals surface area contributed by atoms with Crippen LogP contribution in [0.25, 0.3) is 0 Å². The summed E-state index contributed by atoms with van der Waals surface area (Å²) in [6, 6.07) is 1.39. The number of amides is 1. The van der Waals surface area contributed by atoms with E-state index in [0.29, 0.717) is 18.7 Å². The summed E-state index contributed by atoms with van der Waals surface area (Å²) in [7, 11) is 1.85. The van der Waals surface area contributed by atoms with Crippen LogP contribution in [0.5, 0.6) is 0 Å². The molecule has 0 aromatic carbocycles. The van der Waals surface area contributed by atoms with Gasteiger partial charge in [-0.3, -0.25) is 14.3 Å². The molecule has 9 heteroatoms. The molecule has 25 heavy (non-hydrogen) atoms. The summed E-state index contributed by atoms with van der Waals surface area (Å²) in [5.41, 5.74) is 2.74. The average molecular weight is 359 g/mol. The zero-order valence-corrected chi connectivity index (χ0v) is 14.1. The molecule has 0 bridgehead atoms. The number of carbonyl (C=O) groups excluding carboxylic acids is 1. The van der Waals surface area contributed by atoms with Gasteiger partial charge >= 0.3 is 0 Å². The predicted octanol–water partition coefficient (Wildman–Crippen LogP) is 1.27. The number of nitrogens with zero attached hydrogens (tertiary/aromatic N) is 4. The minimum Gasteiger partial charge on any atom is -0.347 e. The van der Waals surface area contributed by atoms with E-state index >= 15 is 0 Å². The molecule has 4 heterocycles. The molecule has 1 aliphatic heterocycles. The van der Waals surface area contributed by atoms with Crippen LogP contribution in [0.1, 0.15) is 33.2 Å². The largest absolute Gasteiger partial charge is 0.347 e. The molecular formula is C16H15ClN6O2. The number of imidazole rings is 1. The first-order valence-corrected chi connectivity index (χ1v) is 8.09. The lowest BCUT2D eigenvalue weighted by Gasteiger charge is -2.31. The van der Waals surface area contributed by atoms with Gasteiger partial charge in [-0.2, -0.15) is 5.10 Å². The van der Waals surface area contributed by atoms with Crippen LogP contribution in [0.4, 0.5) is 0 Å². The molecule has 0 radical (unpaired) electrons. The minimum absolute atomic E-state index is 0.00565. The molecule has 1 atom stereocenters. The van der Waals surface area contributed by atoms with E-state index in [-0.39, 0.29) is 16.8 Å². The standard InChI is InChI=1S/C16H15ClN6O2/c1-22-5-10(4-21-22)11-6-23(7-13-14(11)20-8-19-13)16(25)9-2-12(17)15(24)18-3-9/h2-5,8,11H,6-7H2,1H3,(H,18,24)(H,19,20). The van der Waals surface area contributed by atoms with E-state index in [9.17, 15) is 9.59 Å². The number of halogens is 1. The number of carbonyl (C=O) groups is 1. The van der Waals surface area contributed by atoms with Gasteiger partial charge in [0.25, 0.3) is 11.5 Å². The van der Waals surface area contributed by atoms with Gasteiger partial charge in [-0.15, -0.1) is 0 Å². The van der Waals surface area contributed by atoms with Crippen molar-refractivity contribution in [3.63, 3.8) is 0 Å². The van der Waals surface area contributed by atoms with Crippen LogP contribution in [-0.2, 0) is 13.6 Å². The van der Waals surface area contributed by atoms with Crippen molar-refractivity contribution in [2.75, 3.05) is 6.54 Å². The maximum Gasteiger partial charge on any atom is 0.266 e. The van der Waals surface area contributed by atoms with Crippen molar-refractivity contribution >= 4 is 17.5 Å². The summed E-state index contributed by atoms with van der Waals surface area (Å²) < 4.78 is 1.73. The second-order valence-electron chi connectivity index (χ2n) is 6.02. The summed E-state index contributed by atoms with van der Waals surface area (Å²) in [5.74, 6) is -0.266. The second-order valence-corrected chi connectivity index (χ2v) is 6.42. The Labute approximate surface area is 147 Å². The number of aromatic amines is 2. The third-order valence-corrected chi connectivity index (χ3v) is 4.63. The minimum atomic E-state index is -0.416. The topological polar surface area (TPSA) is 99.7 Å². The summed E-state index contributed by atoms with van der Waals surface area (Å²) in [4.78, 5) is 36.0. The molecule has 4 rings (SSSR count). The Bertz CT molecular complexity index is 1000. The summed E-state index contributed by atoms with van der Waals surface area (Å²) in [5, 5.41) is 4.21. The normalized spacial score (nSPS) is 16.7. The first kappa shape index (κ1) is 15.6. The van der Waals surface area contributed by atoms with Crippen LogP contribution < -0.4 is 5.56 Å². The molecule has 1 amide bonds. The van der Waals surface area contributed by atoms with Crippen LogP contribution in [-0.4, -0.2) is 42.1 Å². The molecule has 3 aromatic rings. The summed E-state index contributed by atoms with van der Waals surface area (Å²) >= 11 is 5.85. The average Bonchev–Trinajstić information content (AvgIpc) is 3.24. The van der Waals surface area contributed by atoms with Gasteiger partial charge in [0.1, 0.15) is 5.02 Å². The Morgan fingerprint density at radius 2 is 2.24 bits per heavy atom. The van der Waals surface area contributed by atoms with E-state index in [1.54, 1.807) is 22.1 Å². The molecule has 0 aliphatic carbocycles. The lowest BCUT2D eigenvalue weighted by atomic mass is 9.93. The number of aromatic nitrogens is 5. The van der Waals surface area contributed by atoms with Crippen LogP contribution in [0.15, 0.2) is 35.8 Å². The third-order valence-electron chi connectivity index (χ3n) is 4.35. The van der Waals surface area contributed by atoms with Gasteiger partial charge in [0.2, 0.25) is 0 Å². The van der Waals surface area contributed by atoms with Crippen molar-refractivity contribution in [2.45, 2.75) is 12.5 Å². The van der Waals surface area contributed by atoms with Crippen molar-refractivity contribution in [3.05, 3.63) is 68.9 Å². The third kappa shape index (κ3) is 2.74. The highest BCUT2D eigenvalue weighted by Crippen LogP contribution is 2.31. The summed E-state index contributed by atoms with van der Waals surface area (Å²) in [6.45, 7) is 0.890. The fourth-order valence-electron chi connectivity index (χ4n) is 3.12. The highest BCUT2D eigenvalue weighted by molar-refractivity contribution is 6.30. The molecule has 1 unspecified atom stereocenters. The van der Waals surface area contributed by atoms with Gasteiger partial charge < -0.3 is 14.9 Å². The number of hydrogen-bond acceptors (Lipinski definition) is 4. The van der Waals surface area contributed by atoms with E-state index in [1.807, 2.05) is 13.2 Å². The molecule has 0 saturated carbocycles. The van der Waals surface area contributed by atoms with Crippen molar-refractivity contribution in [3.8, 4) is 0 Å². The quantitative estimate of drug-likeness (QED) is 0.720. The van der Waals surface area contributed by atoms with Crippen molar-refractivity contribution < 1.29 is 4.79 Å². The van der Waals surface area contributed by atoms with Crippen LogP contribution >= 0.6 is 11.6 Å².